The fourth-order valence-electron chi connectivity index (χ4n) is 3.00. The number of fused-ring (bicyclic) bond motifs is 1. The molecule has 0 saturated carbocycles. The summed E-state index contributed by atoms with van der Waals surface area (Å²) in [7, 11) is -3.57. The van der Waals surface area contributed by atoms with Gasteiger partial charge < -0.3 is 14.4 Å². The highest BCUT2D eigenvalue weighted by atomic mass is 35.5. The molecular weight excluding hydrogens is 424 g/mol. The van der Waals surface area contributed by atoms with Gasteiger partial charge in [0.15, 0.2) is 11.5 Å². The van der Waals surface area contributed by atoms with Gasteiger partial charge in [-0.3, -0.25) is 4.79 Å². The Morgan fingerprint density at radius 3 is 2.54 bits per heavy atom. The van der Waals surface area contributed by atoms with E-state index in [1.165, 1.54) is 16.4 Å². The quantitative estimate of drug-likeness (QED) is 0.683. The summed E-state index contributed by atoms with van der Waals surface area (Å²) in [5.74, 6) is 1.18. The lowest BCUT2D eigenvalue weighted by Gasteiger charge is -2.33. The molecule has 4 rings (SSSR count). The molecule has 2 aliphatic heterocycles. The molecule has 28 heavy (non-hydrogen) atoms. The first-order valence-electron chi connectivity index (χ1n) is 8.55. The molecule has 1 saturated heterocycles. The Hall–Kier alpha value is -2.07. The Kier molecular flexibility index (Phi) is 5.33. The molecule has 148 valence electrons. The molecule has 1 aromatic heterocycles. The van der Waals surface area contributed by atoms with E-state index in [1.807, 2.05) is 12.1 Å². The van der Waals surface area contributed by atoms with Crippen molar-refractivity contribution in [3.05, 3.63) is 46.3 Å². The van der Waals surface area contributed by atoms with Gasteiger partial charge in [-0.1, -0.05) is 17.7 Å². The largest absolute Gasteiger partial charge is 0.454 e. The highest BCUT2D eigenvalue weighted by Crippen LogP contribution is 2.33. The van der Waals surface area contributed by atoms with Gasteiger partial charge in [0.1, 0.15) is 4.21 Å². The zero-order valence-corrected chi connectivity index (χ0v) is 17.1. The molecule has 3 heterocycles. The van der Waals surface area contributed by atoms with Crippen LogP contribution in [-0.2, 0) is 14.8 Å². The van der Waals surface area contributed by atoms with Crippen LogP contribution < -0.4 is 9.47 Å². The van der Waals surface area contributed by atoms with Gasteiger partial charge in [0.25, 0.3) is 10.0 Å². The number of hydrogen-bond donors (Lipinski definition) is 0. The highest BCUT2D eigenvalue weighted by molar-refractivity contribution is 7.91. The minimum atomic E-state index is -3.57. The molecule has 0 unspecified atom stereocenters. The second kappa shape index (κ2) is 7.75. The van der Waals surface area contributed by atoms with Gasteiger partial charge in [0, 0.05) is 32.3 Å². The van der Waals surface area contributed by atoms with Crippen molar-refractivity contribution in [1.82, 2.24) is 9.21 Å². The van der Waals surface area contributed by atoms with Gasteiger partial charge in [-0.15, -0.1) is 11.3 Å². The maximum Gasteiger partial charge on any atom is 0.252 e. The van der Waals surface area contributed by atoms with Gasteiger partial charge in [-0.05, 0) is 35.9 Å². The minimum absolute atomic E-state index is 0.158. The summed E-state index contributed by atoms with van der Waals surface area (Å²) in [4.78, 5) is 14.1. The van der Waals surface area contributed by atoms with Gasteiger partial charge in [-0.25, -0.2) is 8.42 Å². The Balaban J connectivity index is 1.36. The van der Waals surface area contributed by atoms with Crippen LogP contribution in [0, 0.1) is 0 Å². The van der Waals surface area contributed by atoms with Crippen molar-refractivity contribution in [2.24, 2.45) is 0 Å². The summed E-state index contributed by atoms with van der Waals surface area (Å²) in [6, 6.07) is 8.53. The third kappa shape index (κ3) is 3.88. The number of thiophene rings is 1. The molecule has 0 atom stereocenters. The van der Waals surface area contributed by atoms with Crippen LogP contribution in [-0.4, -0.2) is 56.5 Å². The van der Waals surface area contributed by atoms with E-state index in [9.17, 15) is 13.2 Å². The van der Waals surface area contributed by atoms with Crippen molar-refractivity contribution in [3.63, 3.8) is 0 Å². The van der Waals surface area contributed by atoms with E-state index in [2.05, 4.69) is 0 Å². The van der Waals surface area contributed by atoms with Crippen molar-refractivity contribution < 1.29 is 22.7 Å². The molecule has 2 aromatic rings. The lowest BCUT2D eigenvalue weighted by Crippen LogP contribution is -2.50. The number of rotatable bonds is 4. The second-order valence-corrected chi connectivity index (χ2v) is 10.1. The molecule has 2 aliphatic rings. The molecule has 0 bridgehead atoms. The number of carbonyl (C=O) groups excluding carboxylic acids is 1. The van der Waals surface area contributed by atoms with E-state index in [0.717, 1.165) is 16.9 Å². The van der Waals surface area contributed by atoms with E-state index in [0.29, 0.717) is 28.9 Å². The number of carbonyl (C=O) groups is 1. The molecule has 10 heteroatoms. The van der Waals surface area contributed by atoms with Crippen molar-refractivity contribution in [2.45, 2.75) is 4.21 Å². The predicted molar refractivity (Wildman–Crippen MR) is 106 cm³/mol. The summed E-state index contributed by atoms with van der Waals surface area (Å²) >= 11 is 6.88. The molecule has 0 radical (unpaired) electrons. The lowest BCUT2D eigenvalue weighted by atomic mass is 10.2. The normalized spacial score (nSPS) is 17.4. The third-order valence-electron chi connectivity index (χ3n) is 4.51. The number of piperazine rings is 1. The van der Waals surface area contributed by atoms with Gasteiger partial charge in [0.2, 0.25) is 12.7 Å². The SMILES string of the molecule is O=C(C=Cc1ccc2c(c1)OCO2)N1CCN(S(=O)(=O)c2ccc(Cl)s2)CC1. The Morgan fingerprint density at radius 1 is 1.07 bits per heavy atom. The van der Waals surface area contributed by atoms with Crippen LogP contribution in [0.25, 0.3) is 6.08 Å². The molecular formula is C18H17ClN2O5S2. The monoisotopic (exact) mass is 440 g/mol. The first-order chi connectivity index (χ1) is 13.4. The summed E-state index contributed by atoms with van der Waals surface area (Å²) < 4.78 is 37.9. The Bertz CT molecular complexity index is 1030. The van der Waals surface area contributed by atoms with Crippen LogP contribution in [0.15, 0.2) is 40.6 Å². The molecule has 1 fully saturated rings. The van der Waals surface area contributed by atoms with E-state index in [4.69, 9.17) is 21.1 Å². The molecule has 0 aliphatic carbocycles. The highest BCUT2D eigenvalue weighted by Gasteiger charge is 2.30. The van der Waals surface area contributed by atoms with Gasteiger partial charge in [0.05, 0.1) is 4.34 Å². The van der Waals surface area contributed by atoms with Crippen LogP contribution in [0.3, 0.4) is 0 Å². The molecule has 1 amide bonds. The first-order valence-corrected chi connectivity index (χ1v) is 11.2. The topological polar surface area (TPSA) is 76.2 Å². The van der Waals surface area contributed by atoms with E-state index in [-0.39, 0.29) is 30.0 Å². The van der Waals surface area contributed by atoms with Crippen LogP contribution in [0.2, 0.25) is 4.34 Å². The van der Waals surface area contributed by atoms with E-state index in [1.54, 1.807) is 23.1 Å². The number of benzene rings is 1. The molecule has 1 aromatic carbocycles. The van der Waals surface area contributed by atoms with E-state index < -0.39 is 10.0 Å². The predicted octanol–water partition coefficient (Wildman–Crippen LogP) is 2.68. The smallest absolute Gasteiger partial charge is 0.252 e. The van der Waals surface area contributed by atoms with Crippen LogP contribution in [0.4, 0.5) is 0 Å². The van der Waals surface area contributed by atoms with E-state index >= 15 is 0 Å². The Labute approximate surface area is 171 Å². The number of sulfonamides is 1. The van der Waals surface area contributed by atoms with Gasteiger partial charge in [-0.2, -0.15) is 4.31 Å². The molecule has 0 N–H and O–H groups in total. The Morgan fingerprint density at radius 2 is 1.82 bits per heavy atom. The number of hydrogen-bond acceptors (Lipinski definition) is 6. The summed E-state index contributed by atoms with van der Waals surface area (Å²) in [6.45, 7) is 1.38. The number of amides is 1. The fourth-order valence-corrected chi connectivity index (χ4v) is 6.06. The maximum absolute atomic E-state index is 12.6. The zero-order valence-electron chi connectivity index (χ0n) is 14.7. The van der Waals surface area contributed by atoms with Crippen molar-refractivity contribution in [2.75, 3.05) is 33.0 Å². The third-order valence-corrected chi connectivity index (χ3v) is 8.11. The van der Waals surface area contributed by atoms with Crippen molar-refractivity contribution in [3.8, 4) is 11.5 Å². The average molecular weight is 441 g/mol. The van der Waals surface area contributed by atoms with Crippen LogP contribution in [0.1, 0.15) is 5.56 Å². The first kappa shape index (κ1) is 19.3. The summed E-state index contributed by atoms with van der Waals surface area (Å²) in [6.07, 6.45) is 3.20. The van der Waals surface area contributed by atoms with Gasteiger partial charge >= 0.3 is 0 Å². The van der Waals surface area contributed by atoms with Crippen molar-refractivity contribution in [1.29, 1.82) is 0 Å². The number of nitrogens with zero attached hydrogens (tertiary/aromatic N) is 2. The fraction of sp³-hybridized carbons (Fsp3) is 0.278. The summed E-state index contributed by atoms with van der Waals surface area (Å²) in [5, 5.41) is 0. The summed E-state index contributed by atoms with van der Waals surface area (Å²) in [5.41, 5.74) is 0.827. The molecule has 7 nitrogen and oxygen atoms in total. The molecule has 0 spiro atoms. The number of halogens is 1. The standard InChI is InChI=1S/C18H17ClN2O5S2/c19-16-4-6-18(27-16)28(23,24)21-9-7-20(8-10-21)17(22)5-2-13-1-3-14-15(11-13)26-12-25-14/h1-6,11H,7-10,12H2. The number of ether oxygens (including phenoxy) is 2. The second-order valence-electron chi connectivity index (χ2n) is 6.23. The average Bonchev–Trinajstić information content (AvgIpc) is 3.34. The minimum Gasteiger partial charge on any atom is -0.454 e. The zero-order chi connectivity index (χ0) is 19.7. The lowest BCUT2D eigenvalue weighted by molar-refractivity contribution is -0.127. The van der Waals surface area contributed by atoms with Crippen LogP contribution >= 0.6 is 22.9 Å². The van der Waals surface area contributed by atoms with Crippen LogP contribution in [0.5, 0.6) is 11.5 Å². The van der Waals surface area contributed by atoms with Crippen molar-refractivity contribution >= 4 is 44.9 Å². The maximum atomic E-state index is 12.6.